The van der Waals surface area contributed by atoms with Crippen molar-refractivity contribution in [1.29, 1.82) is 0 Å². The van der Waals surface area contributed by atoms with Crippen molar-refractivity contribution >= 4 is 5.69 Å². The molecule has 0 saturated heterocycles. The molecule has 0 saturated carbocycles. The Labute approximate surface area is 105 Å². The largest absolute Gasteiger partial charge is 0.290 e. The minimum atomic E-state index is -0.399. The molecule has 0 amide bonds. The van der Waals surface area contributed by atoms with Gasteiger partial charge in [0.2, 0.25) is 0 Å². The van der Waals surface area contributed by atoms with E-state index in [1.54, 1.807) is 25.4 Å². The summed E-state index contributed by atoms with van der Waals surface area (Å²) in [5.74, 6) is 0. The molecule has 0 unspecified atom stereocenters. The van der Waals surface area contributed by atoms with Crippen LogP contribution in [0.5, 0.6) is 0 Å². The van der Waals surface area contributed by atoms with Crippen molar-refractivity contribution in [3.63, 3.8) is 0 Å². The molecule has 0 fully saturated rings. The number of hydrogen-bond acceptors (Lipinski definition) is 4. The maximum atomic E-state index is 10.8. The summed E-state index contributed by atoms with van der Waals surface area (Å²) in [6, 6.07) is 5.45. The van der Waals surface area contributed by atoms with Crippen LogP contribution in [0.15, 0.2) is 30.6 Å². The number of aryl methyl sites for hydroxylation is 2. The molecule has 2 heterocycles. The molecular weight excluding hydrogens is 230 g/mol. The molecule has 0 radical (unpaired) electrons. The number of nitro groups is 1. The fourth-order valence-corrected chi connectivity index (χ4v) is 1.79. The van der Waals surface area contributed by atoms with Gasteiger partial charge >= 0.3 is 0 Å². The first-order chi connectivity index (χ1) is 8.56. The predicted octanol–water partition coefficient (Wildman–Crippen LogP) is 2.59. The van der Waals surface area contributed by atoms with Gasteiger partial charge in [-0.05, 0) is 43.5 Å². The molecule has 0 aliphatic rings. The summed E-state index contributed by atoms with van der Waals surface area (Å²) in [6.45, 7) is 3.55. The molecule has 0 atom stereocenters. The molecule has 5 heteroatoms. The van der Waals surface area contributed by atoms with Crippen LogP contribution in [0, 0.1) is 24.0 Å². The summed E-state index contributed by atoms with van der Waals surface area (Å²) in [4.78, 5) is 18.6. The molecule has 18 heavy (non-hydrogen) atoms. The predicted molar refractivity (Wildman–Crippen MR) is 67.4 cm³/mol. The molecule has 0 aromatic carbocycles. The minimum absolute atomic E-state index is 0.0679. The number of hydrogen-bond donors (Lipinski definition) is 0. The van der Waals surface area contributed by atoms with Crippen molar-refractivity contribution in [2.75, 3.05) is 0 Å². The number of rotatable bonds is 3. The van der Waals surface area contributed by atoms with Gasteiger partial charge in [0, 0.05) is 24.2 Å². The highest BCUT2D eigenvalue weighted by molar-refractivity contribution is 5.39. The normalized spacial score (nSPS) is 10.3. The summed E-state index contributed by atoms with van der Waals surface area (Å²) in [6.07, 6.45) is 4.04. The lowest BCUT2D eigenvalue weighted by Gasteiger charge is -2.03. The SMILES string of the molecule is Cc1cc(Cc2cnc(C)c([N+](=O)[O-])c2)ccn1. The van der Waals surface area contributed by atoms with E-state index in [-0.39, 0.29) is 5.69 Å². The molecule has 0 aliphatic carbocycles. The van der Waals surface area contributed by atoms with Gasteiger partial charge in [-0.2, -0.15) is 0 Å². The average molecular weight is 243 g/mol. The van der Waals surface area contributed by atoms with Crippen LogP contribution in [0.4, 0.5) is 5.69 Å². The Morgan fingerprint density at radius 1 is 1.22 bits per heavy atom. The van der Waals surface area contributed by atoms with Gasteiger partial charge in [-0.1, -0.05) is 0 Å². The molecular formula is C13H13N3O2. The second-order valence-electron chi connectivity index (χ2n) is 4.19. The van der Waals surface area contributed by atoms with Crippen LogP contribution < -0.4 is 0 Å². The molecule has 0 bridgehead atoms. The third kappa shape index (κ3) is 2.68. The Hall–Kier alpha value is -2.30. The van der Waals surface area contributed by atoms with E-state index >= 15 is 0 Å². The van der Waals surface area contributed by atoms with Gasteiger partial charge < -0.3 is 0 Å². The topological polar surface area (TPSA) is 68.9 Å². The molecule has 0 spiro atoms. The van der Waals surface area contributed by atoms with Gasteiger partial charge in [0.15, 0.2) is 0 Å². The highest BCUT2D eigenvalue weighted by Crippen LogP contribution is 2.18. The van der Waals surface area contributed by atoms with Crippen LogP contribution in [0.2, 0.25) is 0 Å². The maximum Gasteiger partial charge on any atom is 0.290 e. The summed E-state index contributed by atoms with van der Waals surface area (Å²) >= 11 is 0. The Kier molecular flexibility index (Phi) is 3.32. The number of pyridine rings is 2. The summed E-state index contributed by atoms with van der Waals surface area (Å²) < 4.78 is 0. The second kappa shape index (κ2) is 4.91. The summed E-state index contributed by atoms with van der Waals surface area (Å²) in [7, 11) is 0. The molecule has 0 N–H and O–H groups in total. The van der Waals surface area contributed by atoms with Gasteiger partial charge in [-0.15, -0.1) is 0 Å². The maximum absolute atomic E-state index is 10.8. The highest BCUT2D eigenvalue weighted by Gasteiger charge is 2.12. The van der Waals surface area contributed by atoms with Gasteiger partial charge in [0.25, 0.3) is 5.69 Å². The van der Waals surface area contributed by atoms with E-state index < -0.39 is 4.92 Å². The first-order valence-electron chi connectivity index (χ1n) is 5.57. The quantitative estimate of drug-likeness (QED) is 0.613. The van der Waals surface area contributed by atoms with E-state index in [0.717, 1.165) is 16.8 Å². The number of aromatic nitrogens is 2. The minimum Gasteiger partial charge on any atom is -0.262 e. The van der Waals surface area contributed by atoms with Gasteiger partial charge in [-0.3, -0.25) is 20.1 Å². The molecule has 2 aromatic rings. The van der Waals surface area contributed by atoms with Gasteiger partial charge in [0.1, 0.15) is 5.69 Å². The smallest absolute Gasteiger partial charge is 0.262 e. The van der Waals surface area contributed by atoms with E-state index in [1.807, 2.05) is 19.1 Å². The lowest BCUT2D eigenvalue weighted by Crippen LogP contribution is -1.98. The van der Waals surface area contributed by atoms with Crippen LogP contribution >= 0.6 is 0 Å². The van der Waals surface area contributed by atoms with Crippen LogP contribution in [-0.2, 0) is 6.42 Å². The van der Waals surface area contributed by atoms with E-state index in [0.29, 0.717) is 12.1 Å². The summed E-state index contributed by atoms with van der Waals surface area (Å²) in [5.41, 5.74) is 3.34. The Bertz CT molecular complexity index is 597. The van der Waals surface area contributed by atoms with Crippen LogP contribution in [0.3, 0.4) is 0 Å². The second-order valence-corrected chi connectivity index (χ2v) is 4.19. The molecule has 5 nitrogen and oxygen atoms in total. The van der Waals surface area contributed by atoms with E-state index in [2.05, 4.69) is 9.97 Å². The van der Waals surface area contributed by atoms with Crippen molar-refractivity contribution in [2.45, 2.75) is 20.3 Å². The van der Waals surface area contributed by atoms with E-state index in [9.17, 15) is 10.1 Å². The zero-order valence-corrected chi connectivity index (χ0v) is 10.3. The number of nitrogens with zero attached hydrogens (tertiary/aromatic N) is 3. The van der Waals surface area contributed by atoms with E-state index in [4.69, 9.17) is 0 Å². The zero-order chi connectivity index (χ0) is 13.1. The van der Waals surface area contributed by atoms with Crippen molar-refractivity contribution in [1.82, 2.24) is 9.97 Å². The Balaban J connectivity index is 2.30. The fraction of sp³-hybridized carbons (Fsp3) is 0.231. The Morgan fingerprint density at radius 2 is 2.00 bits per heavy atom. The van der Waals surface area contributed by atoms with Gasteiger partial charge in [-0.25, -0.2) is 0 Å². The van der Waals surface area contributed by atoms with Crippen LogP contribution in [-0.4, -0.2) is 14.9 Å². The van der Waals surface area contributed by atoms with Crippen molar-refractivity contribution in [2.24, 2.45) is 0 Å². The van der Waals surface area contributed by atoms with Crippen LogP contribution in [0.25, 0.3) is 0 Å². The van der Waals surface area contributed by atoms with E-state index in [1.165, 1.54) is 0 Å². The molecule has 92 valence electrons. The lowest BCUT2D eigenvalue weighted by atomic mass is 10.1. The monoisotopic (exact) mass is 243 g/mol. The Morgan fingerprint density at radius 3 is 2.67 bits per heavy atom. The molecule has 0 aliphatic heterocycles. The third-order valence-corrected chi connectivity index (χ3v) is 2.68. The van der Waals surface area contributed by atoms with Crippen molar-refractivity contribution < 1.29 is 4.92 Å². The molecule has 2 aromatic heterocycles. The first-order valence-corrected chi connectivity index (χ1v) is 5.57. The fourth-order valence-electron chi connectivity index (χ4n) is 1.79. The average Bonchev–Trinajstić information content (AvgIpc) is 2.31. The van der Waals surface area contributed by atoms with Crippen LogP contribution in [0.1, 0.15) is 22.5 Å². The lowest BCUT2D eigenvalue weighted by molar-refractivity contribution is -0.385. The molecule has 2 rings (SSSR count). The highest BCUT2D eigenvalue weighted by atomic mass is 16.6. The zero-order valence-electron chi connectivity index (χ0n) is 10.3. The third-order valence-electron chi connectivity index (χ3n) is 2.68. The first kappa shape index (κ1) is 12.2. The standard InChI is InChI=1S/C13H13N3O2/c1-9-5-11(3-4-14-9)6-12-7-13(16(17)18)10(2)15-8-12/h3-5,7-8H,6H2,1-2H3. The summed E-state index contributed by atoms with van der Waals surface area (Å²) in [5, 5.41) is 10.8. The van der Waals surface area contributed by atoms with Crippen molar-refractivity contribution in [3.8, 4) is 0 Å². The van der Waals surface area contributed by atoms with Crippen molar-refractivity contribution in [3.05, 3.63) is 63.2 Å². The van der Waals surface area contributed by atoms with Gasteiger partial charge in [0.05, 0.1) is 4.92 Å².